The average molecular weight is 448 g/mol. The maximum Gasteiger partial charge on any atom is 0.225 e. The lowest BCUT2D eigenvalue weighted by Gasteiger charge is -2.58. The number of fused-ring (bicyclic) bond motifs is 3. The van der Waals surface area contributed by atoms with Crippen LogP contribution in [0, 0.1) is 12.3 Å². The fourth-order valence-corrected chi connectivity index (χ4v) is 6.13. The highest BCUT2D eigenvalue weighted by Gasteiger charge is 2.54. The Balaban J connectivity index is 1.15. The van der Waals surface area contributed by atoms with Crippen LogP contribution in [0.1, 0.15) is 54.5 Å². The summed E-state index contributed by atoms with van der Waals surface area (Å²) in [5, 5.41) is 10.2. The van der Waals surface area contributed by atoms with Crippen molar-refractivity contribution in [3.8, 4) is 5.69 Å². The zero-order valence-electron chi connectivity index (χ0n) is 18.2. The first kappa shape index (κ1) is 19.0. The van der Waals surface area contributed by atoms with E-state index in [1.54, 1.807) is 0 Å². The summed E-state index contributed by atoms with van der Waals surface area (Å²) in [5.74, 6) is 3.50. The van der Waals surface area contributed by atoms with Crippen LogP contribution in [-0.4, -0.2) is 48.8 Å². The number of rotatable bonds is 3. The van der Waals surface area contributed by atoms with Crippen LogP contribution in [0.4, 0.5) is 5.95 Å². The van der Waals surface area contributed by atoms with Crippen LogP contribution >= 0.6 is 11.6 Å². The molecule has 2 aliphatic carbocycles. The Labute approximate surface area is 192 Å². The first-order valence-corrected chi connectivity index (χ1v) is 12.0. The minimum atomic E-state index is 0.373. The molecule has 3 aromatic rings. The van der Waals surface area contributed by atoms with Crippen LogP contribution in [0.2, 0.25) is 5.02 Å². The molecule has 4 heterocycles. The van der Waals surface area contributed by atoms with E-state index < -0.39 is 0 Å². The van der Waals surface area contributed by atoms with Crippen molar-refractivity contribution in [1.29, 1.82) is 0 Å². The fraction of sp³-hybridized carbons (Fsp3) is 0.500. The molecule has 32 heavy (non-hydrogen) atoms. The zero-order valence-corrected chi connectivity index (χ0v) is 19.0. The largest absolute Gasteiger partial charge is 0.340 e. The lowest BCUT2D eigenvalue weighted by atomic mass is 9.57. The lowest BCUT2D eigenvalue weighted by Crippen LogP contribution is -2.62. The van der Waals surface area contributed by atoms with Gasteiger partial charge in [0.2, 0.25) is 5.95 Å². The van der Waals surface area contributed by atoms with Crippen molar-refractivity contribution in [3.63, 3.8) is 0 Å². The highest BCUT2D eigenvalue weighted by molar-refractivity contribution is 6.30. The van der Waals surface area contributed by atoms with Gasteiger partial charge in [0, 0.05) is 53.9 Å². The number of aryl methyl sites for hydroxylation is 1. The smallest absolute Gasteiger partial charge is 0.225 e. The van der Waals surface area contributed by atoms with Gasteiger partial charge in [-0.05, 0) is 62.4 Å². The summed E-state index contributed by atoms with van der Waals surface area (Å²) < 4.78 is 2.34. The third-order valence-corrected chi connectivity index (χ3v) is 7.90. The van der Waals surface area contributed by atoms with Crippen molar-refractivity contribution in [2.45, 2.75) is 57.7 Å². The summed E-state index contributed by atoms with van der Waals surface area (Å²) >= 11 is 6.38. The van der Waals surface area contributed by atoms with E-state index in [0.29, 0.717) is 17.4 Å². The van der Waals surface area contributed by atoms with Crippen LogP contribution in [-0.2, 0) is 13.1 Å². The van der Waals surface area contributed by atoms with Gasteiger partial charge in [0.1, 0.15) is 5.82 Å². The average Bonchev–Trinajstić information content (AvgIpc) is 3.50. The van der Waals surface area contributed by atoms with E-state index in [4.69, 9.17) is 16.7 Å². The van der Waals surface area contributed by atoms with Crippen molar-refractivity contribution in [3.05, 3.63) is 58.4 Å². The van der Waals surface area contributed by atoms with Gasteiger partial charge in [0.15, 0.2) is 5.82 Å². The molecule has 8 heteroatoms. The van der Waals surface area contributed by atoms with Gasteiger partial charge in [0.25, 0.3) is 0 Å². The normalized spacial score (nSPS) is 22.1. The third-order valence-electron chi connectivity index (χ3n) is 7.66. The fourth-order valence-electron chi connectivity index (χ4n) is 5.93. The van der Waals surface area contributed by atoms with Gasteiger partial charge in [-0.1, -0.05) is 11.6 Å². The first-order valence-electron chi connectivity index (χ1n) is 11.6. The predicted molar refractivity (Wildman–Crippen MR) is 122 cm³/mol. The van der Waals surface area contributed by atoms with Gasteiger partial charge < -0.3 is 4.90 Å². The Morgan fingerprint density at radius 1 is 1.06 bits per heavy atom. The van der Waals surface area contributed by atoms with Crippen LogP contribution in [0.25, 0.3) is 5.69 Å². The molecular formula is C24H26ClN7. The maximum atomic E-state index is 6.38. The number of anilines is 1. The van der Waals surface area contributed by atoms with E-state index in [1.807, 2.05) is 25.3 Å². The van der Waals surface area contributed by atoms with Gasteiger partial charge in [0.05, 0.1) is 12.2 Å². The van der Waals surface area contributed by atoms with Crippen molar-refractivity contribution >= 4 is 17.5 Å². The molecule has 0 unspecified atom stereocenters. The monoisotopic (exact) mass is 447 g/mol. The summed E-state index contributed by atoms with van der Waals surface area (Å²) in [6.45, 7) is 5.89. The molecule has 4 aliphatic rings. The standard InChI is InChI=1S/C24H26ClN7/c1-15-6-7-26-23(27-15)31-13-24(14-31)9-17(10-24)22-29-28-21-12-30(19-3-4-19)11-16-8-18(25)2-5-20(16)32(21)22/h2,5-8,17,19H,3-4,9-14H2,1H3. The molecule has 7 rings (SSSR count). The summed E-state index contributed by atoms with van der Waals surface area (Å²) in [6.07, 6.45) is 6.73. The molecular weight excluding hydrogens is 422 g/mol. The molecule has 2 aliphatic heterocycles. The van der Waals surface area contributed by atoms with Gasteiger partial charge in [-0.3, -0.25) is 9.47 Å². The van der Waals surface area contributed by atoms with E-state index in [-0.39, 0.29) is 0 Å². The summed E-state index contributed by atoms with van der Waals surface area (Å²) in [6, 6.07) is 8.89. The highest BCUT2D eigenvalue weighted by Crippen LogP contribution is 2.56. The molecule has 0 amide bonds. The number of nitrogens with zero attached hydrogens (tertiary/aromatic N) is 7. The van der Waals surface area contributed by atoms with E-state index >= 15 is 0 Å². The van der Waals surface area contributed by atoms with Crippen molar-refractivity contribution in [2.24, 2.45) is 5.41 Å². The Morgan fingerprint density at radius 2 is 1.91 bits per heavy atom. The Kier molecular flexibility index (Phi) is 4.01. The van der Waals surface area contributed by atoms with Gasteiger partial charge in [-0.2, -0.15) is 0 Å². The van der Waals surface area contributed by atoms with Crippen LogP contribution in [0.5, 0.6) is 0 Å². The Bertz CT molecular complexity index is 1200. The second kappa shape index (κ2) is 6.75. The molecule has 1 aromatic carbocycles. The third kappa shape index (κ3) is 2.98. The number of halogens is 1. The SMILES string of the molecule is Cc1ccnc(N2CC3(CC(c4nnc5n4-c4ccc(Cl)cc4CN(C4CC4)C5)C3)C2)n1. The van der Waals surface area contributed by atoms with Crippen molar-refractivity contribution in [2.75, 3.05) is 18.0 Å². The van der Waals surface area contributed by atoms with Crippen LogP contribution in [0.15, 0.2) is 30.5 Å². The minimum Gasteiger partial charge on any atom is -0.340 e. The molecule has 3 fully saturated rings. The molecule has 164 valence electrons. The second-order valence-corrected chi connectivity index (χ2v) is 10.6. The lowest BCUT2D eigenvalue weighted by molar-refractivity contribution is 0.0574. The molecule has 2 aromatic heterocycles. The zero-order chi connectivity index (χ0) is 21.4. The second-order valence-electron chi connectivity index (χ2n) is 10.2. The van der Waals surface area contributed by atoms with Crippen molar-refractivity contribution in [1.82, 2.24) is 29.6 Å². The predicted octanol–water partition coefficient (Wildman–Crippen LogP) is 3.88. The quantitative estimate of drug-likeness (QED) is 0.607. The van der Waals surface area contributed by atoms with E-state index in [1.165, 1.54) is 24.1 Å². The van der Waals surface area contributed by atoms with E-state index in [9.17, 15) is 0 Å². The molecule has 0 bridgehead atoms. The van der Waals surface area contributed by atoms with Crippen LogP contribution in [0.3, 0.4) is 0 Å². The van der Waals surface area contributed by atoms with Crippen LogP contribution < -0.4 is 4.90 Å². The number of hydrogen-bond donors (Lipinski definition) is 0. The summed E-state index contributed by atoms with van der Waals surface area (Å²) in [4.78, 5) is 13.9. The molecule has 0 atom stereocenters. The van der Waals surface area contributed by atoms with E-state index in [0.717, 1.165) is 67.3 Å². The first-order chi connectivity index (χ1) is 15.6. The minimum absolute atomic E-state index is 0.373. The molecule has 0 N–H and O–H groups in total. The number of benzene rings is 1. The molecule has 1 saturated heterocycles. The molecule has 0 radical (unpaired) electrons. The van der Waals surface area contributed by atoms with Gasteiger partial charge in [-0.25, -0.2) is 9.97 Å². The maximum absolute atomic E-state index is 6.38. The van der Waals surface area contributed by atoms with Gasteiger partial charge in [-0.15, -0.1) is 10.2 Å². The molecule has 7 nitrogen and oxygen atoms in total. The van der Waals surface area contributed by atoms with Crippen molar-refractivity contribution < 1.29 is 0 Å². The summed E-state index contributed by atoms with van der Waals surface area (Å²) in [7, 11) is 0. The topological polar surface area (TPSA) is 63.0 Å². The molecule has 1 spiro atoms. The Hall–Kier alpha value is -2.51. The highest BCUT2D eigenvalue weighted by atomic mass is 35.5. The summed E-state index contributed by atoms with van der Waals surface area (Å²) in [5.41, 5.74) is 3.88. The molecule has 2 saturated carbocycles. The Morgan fingerprint density at radius 3 is 2.69 bits per heavy atom. The number of aromatic nitrogens is 5. The van der Waals surface area contributed by atoms with Gasteiger partial charge >= 0.3 is 0 Å². The number of hydrogen-bond acceptors (Lipinski definition) is 6. The van der Waals surface area contributed by atoms with E-state index in [2.05, 4.69) is 41.6 Å².